The molecule has 1 aromatic carbocycles. The highest BCUT2D eigenvalue weighted by Gasteiger charge is 2.05. The van der Waals surface area contributed by atoms with Crippen molar-refractivity contribution in [2.75, 3.05) is 20.3 Å². The van der Waals surface area contributed by atoms with Crippen molar-refractivity contribution < 1.29 is 9.53 Å². The molecule has 0 aliphatic rings. The molecule has 106 valence electrons. The summed E-state index contributed by atoms with van der Waals surface area (Å²) in [5.74, 6) is -0.111. The lowest BCUT2D eigenvalue weighted by Crippen LogP contribution is -2.29. The van der Waals surface area contributed by atoms with Crippen molar-refractivity contribution in [3.63, 3.8) is 0 Å². The number of rotatable bonds is 6. The average molecular weight is 311 g/mol. The zero-order valence-electron chi connectivity index (χ0n) is 11.1. The summed E-state index contributed by atoms with van der Waals surface area (Å²) < 4.78 is 4.74. The Balaban J connectivity index is 1.89. The van der Waals surface area contributed by atoms with Gasteiger partial charge in [-0.2, -0.15) is 0 Å². The zero-order valence-corrected chi connectivity index (χ0v) is 12.6. The highest BCUT2D eigenvalue weighted by Crippen LogP contribution is 2.25. The molecule has 2 rings (SSSR count). The number of benzene rings is 1. The molecule has 0 atom stereocenters. The molecule has 0 fully saturated rings. The van der Waals surface area contributed by atoms with Gasteiger partial charge in [-0.1, -0.05) is 23.7 Å². The Hall–Kier alpha value is -1.43. The molecule has 0 aliphatic heterocycles. The van der Waals surface area contributed by atoms with E-state index in [4.69, 9.17) is 16.3 Å². The number of amides is 1. The fourth-order valence-electron chi connectivity index (χ4n) is 1.66. The van der Waals surface area contributed by atoms with Crippen LogP contribution in [0.1, 0.15) is 5.69 Å². The van der Waals surface area contributed by atoms with Crippen molar-refractivity contribution >= 4 is 28.8 Å². The van der Waals surface area contributed by atoms with Crippen LogP contribution in [-0.4, -0.2) is 31.2 Å². The lowest BCUT2D eigenvalue weighted by molar-refractivity contribution is -0.124. The average Bonchev–Trinajstić information content (AvgIpc) is 2.89. The Morgan fingerprint density at radius 3 is 2.85 bits per heavy atom. The third-order valence-corrected chi connectivity index (χ3v) is 3.81. The van der Waals surface area contributed by atoms with Gasteiger partial charge in [0.2, 0.25) is 5.91 Å². The van der Waals surface area contributed by atoms with E-state index in [1.807, 2.05) is 29.6 Å². The van der Waals surface area contributed by atoms with Gasteiger partial charge >= 0.3 is 0 Å². The van der Waals surface area contributed by atoms with Gasteiger partial charge in [-0.25, -0.2) is 4.98 Å². The van der Waals surface area contributed by atoms with E-state index in [1.165, 1.54) is 7.11 Å². The van der Waals surface area contributed by atoms with Crippen LogP contribution in [0.4, 0.5) is 0 Å². The summed E-state index contributed by atoms with van der Waals surface area (Å²) >= 11 is 7.45. The highest BCUT2D eigenvalue weighted by molar-refractivity contribution is 7.13. The molecule has 0 bridgehead atoms. The van der Waals surface area contributed by atoms with Crippen LogP contribution in [-0.2, 0) is 16.0 Å². The molecule has 0 saturated carbocycles. The normalized spacial score (nSPS) is 10.5. The van der Waals surface area contributed by atoms with Crippen LogP contribution in [0.15, 0.2) is 29.6 Å². The second kappa shape index (κ2) is 7.38. The molecule has 20 heavy (non-hydrogen) atoms. The molecule has 0 unspecified atom stereocenters. The third-order valence-electron chi connectivity index (χ3n) is 2.62. The molecule has 0 spiro atoms. The summed E-state index contributed by atoms with van der Waals surface area (Å²) in [6, 6.07) is 7.60. The molecule has 0 aliphatic carbocycles. The van der Waals surface area contributed by atoms with Gasteiger partial charge in [0.15, 0.2) is 0 Å². The zero-order chi connectivity index (χ0) is 14.4. The summed E-state index contributed by atoms with van der Waals surface area (Å²) in [6.07, 6.45) is 0.708. The van der Waals surface area contributed by atoms with Gasteiger partial charge in [-0.05, 0) is 12.1 Å². The van der Waals surface area contributed by atoms with Crippen molar-refractivity contribution in [2.24, 2.45) is 0 Å². The van der Waals surface area contributed by atoms with E-state index in [9.17, 15) is 4.79 Å². The minimum absolute atomic E-state index is 0.0904. The molecule has 1 N–H and O–H groups in total. The first-order valence-corrected chi connectivity index (χ1v) is 7.41. The van der Waals surface area contributed by atoms with E-state index in [0.717, 1.165) is 16.3 Å². The number of nitrogens with zero attached hydrogens (tertiary/aromatic N) is 1. The van der Waals surface area contributed by atoms with Crippen molar-refractivity contribution in [3.8, 4) is 10.6 Å². The van der Waals surface area contributed by atoms with E-state index >= 15 is 0 Å². The topological polar surface area (TPSA) is 51.2 Å². The molecule has 1 heterocycles. The Kier molecular flexibility index (Phi) is 5.52. The van der Waals surface area contributed by atoms with E-state index in [1.54, 1.807) is 11.3 Å². The standard InChI is InChI=1S/C14H15ClN2O2S/c1-19-8-13(18)16-7-6-12-9-20-14(17-12)10-2-4-11(15)5-3-10/h2-5,9H,6-8H2,1H3,(H,16,18). The van der Waals surface area contributed by atoms with Gasteiger partial charge < -0.3 is 10.1 Å². The van der Waals surface area contributed by atoms with Crippen LogP contribution in [0, 0.1) is 0 Å². The molecule has 6 heteroatoms. The summed E-state index contributed by atoms with van der Waals surface area (Å²) in [5, 5.41) is 6.45. The number of thiazole rings is 1. The number of methoxy groups -OCH3 is 1. The smallest absolute Gasteiger partial charge is 0.245 e. The molecular formula is C14H15ClN2O2S. The minimum Gasteiger partial charge on any atom is -0.375 e. The quantitative estimate of drug-likeness (QED) is 0.892. The number of ether oxygens (including phenoxy) is 1. The number of halogens is 1. The molecule has 2 aromatic rings. The second-order valence-electron chi connectivity index (χ2n) is 4.18. The Morgan fingerprint density at radius 1 is 1.40 bits per heavy atom. The summed E-state index contributed by atoms with van der Waals surface area (Å²) in [4.78, 5) is 15.8. The number of carbonyl (C=O) groups is 1. The van der Waals surface area contributed by atoms with Gasteiger partial charge in [-0.15, -0.1) is 11.3 Å². The highest BCUT2D eigenvalue weighted by atomic mass is 35.5. The SMILES string of the molecule is COCC(=O)NCCc1csc(-c2ccc(Cl)cc2)n1. The van der Waals surface area contributed by atoms with Crippen molar-refractivity contribution in [3.05, 3.63) is 40.4 Å². The van der Waals surface area contributed by atoms with Crippen LogP contribution < -0.4 is 5.32 Å². The monoisotopic (exact) mass is 310 g/mol. The van der Waals surface area contributed by atoms with Crippen LogP contribution in [0.5, 0.6) is 0 Å². The Morgan fingerprint density at radius 2 is 2.15 bits per heavy atom. The van der Waals surface area contributed by atoms with Crippen molar-refractivity contribution in [1.82, 2.24) is 10.3 Å². The first-order valence-electron chi connectivity index (χ1n) is 6.15. The van der Waals surface area contributed by atoms with Gasteiger partial charge in [0.1, 0.15) is 11.6 Å². The van der Waals surface area contributed by atoms with E-state index in [2.05, 4.69) is 10.3 Å². The molecule has 1 amide bonds. The number of nitrogens with one attached hydrogen (secondary N) is 1. The van der Waals surface area contributed by atoms with Gasteiger partial charge in [0.25, 0.3) is 0 Å². The van der Waals surface area contributed by atoms with Gasteiger partial charge in [0, 0.05) is 36.0 Å². The molecule has 1 aromatic heterocycles. The summed E-state index contributed by atoms with van der Waals surface area (Å²) in [5.41, 5.74) is 2.02. The minimum atomic E-state index is -0.111. The lowest BCUT2D eigenvalue weighted by Gasteiger charge is -2.02. The predicted octanol–water partition coefficient (Wildman–Crippen LogP) is 2.77. The van der Waals surface area contributed by atoms with Crippen LogP contribution in [0.2, 0.25) is 5.02 Å². The predicted molar refractivity (Wildman–Crippen MR) is 81.1 cm³/mol. The largest absolute Gasteiger partial charge is 0.375 e. The lowest BCUT2D eigenvalue weighted by atomic mass is 10.2. The van der Waals surface area contributed by atoms with Crippen molar-refractivity contribution in [1.29, 1.82) is 0 Å². The van der Waals surface area contributed by atoms with E-state index < -0.39 is 0 Å². The van der Waals surface area contributed by atoms with E-state index in [0.29, 0.717) is 18.0 Å². The summed E-state index contributed by atoms with van der Waals surface area (Å²) in [6.45, 7) is 0.652. The number of carbonyl (C=O) groups excluding carboxylic acids is 1. The molecule has 4 nitrogen and oxygen atoms in total. The maximum Gasteiger partial charge on any atom is 0.245 e. The first kappa shape index (κ1) is 15.0. The van der Waals surface area contributed by atoms with Gasteiger partial charge in [-0.3, -0.25) is 4.79 Å². The summed E-state index contributed by atoms with van der Waals surface area (Å²) in [7, 11) is 1.50. The van der Waals surface area contributed by atoms with Crippen molar-refractivity contribution in [2.45, 2.75) is 6.42 Å². The van der Waals surface area contributed by atoms with Crippen LogP contribution in [0.25, 0.3) is 10.6 Å². The van der Waals surface area contributed by atoms with Crippen LogP contribution >= 0.6 is 22.9 Å². The van der Waals surface area contributed by atoms with E-state index in [-0.39, 0.29) is 12.5 Å². The number of aromatic nitrogens is 1. The molecule has 0 radical (unpaired) electrons. The number of hydrogen-bond acceptors (Lipinski definition) is 4. The maximum atomic E-state index is 11.2. The second-order valence-corrected chi connectivity index (χ2v) is 5.48. The number of hydrogen-bond donors (Lipinski definition) is 1. The fraction of sp³-hybridized carbons (Fsp3) is 0.286. The maximum absolute atomic E-state index is 11.2. The Bertz CT molecular complexity index is 569. The first-order chi connectivity index (χ1) is 9.69. The fourth-order valence-corrected chi connectivity index (χ4v) is 2.65. The van der Waals surface area contributed by atoms with Gasteiger partial charge in [0.05, 0.1) is 5.69 Å². The molecule has 0 saturated heterocycles. The third kappa shape index (κ3) is 4.30. The Labute approximate surface area is 126 Å². The van der Waals surface area contributed by atoms with Crippen LogP contribution in [0.3, 0.4) is 0 Å². The molecular weight excluding hydrogens is 296 g/mol.